The van der Waals surface area contributed by atoms with Gasteiger partial charge in [-0.15, -0.1) is 0 Å². The Morgan fingerprint density at radius 2 is 1.83 bits per heavy atom. The number of hydrogen-bond donors (Lipinski definition) is 1. The van der Waals surface area contributed by atoms with Crippen LogP contribution in [0.2, 0.25) is 10.0 Å². The molecule has 24 heavy (non-hydrogen) atoms. The van der Waals surface area contributed by atoms with Gasteiger partial charge >= 0.3 is 0 Å². The first-order chi connectivity index (χ1) is 11.7. The molecule has 3 fully saturated rings. The zero-order chi connectivity index (χ0) is 16.3. The lowest BCUT2D eigenvalue weighted by molar-refractivity contribution is 0.386. The van der Waals surface area contributed by atoms with Crippen LogP contribution in [0.15, 0.2) is 28.8 Å². The van der Waals surface area contributed by atoms with E-state index in [0.717, 1.165) is 47.5 Å². The molecular weight excluding hydrogens is 343 g/mol. The number of piperidine rings is 1. The Morgan fingerprint density at radius 3 is 2.50 bits per heavy atom. The van der Waals surface area contributed by atoms with Gasteiger partial charge in [0.2, 0.25) is 0 Å². The lowest BCUT2D eigenvalue weighted by atomic mass is 10.0. The van der Waals surface area contributed by atoms with E-state index < -0.39 is 0 Å². The van der Waals surface area contributed by atoms with Gasteiger partial charge in [0.1, 0.15) is 11.5 Å². The Kier molecular flexibility index (Phi) is 3.51. The Labute approximate surface area is 151 Å². The molecule has 0 bridgehead atoms. The van der Waals surface area contributed by atoms with Crippen LogP contribution in [0.4, 0.5) is 0 Å². The molecule has 124 valence electrons. The van der Waals surface area contributed by atoms with E-state index in [1.54, 1.807) is 0 Å². The molecule has 2 unspecified atom stereocenters. The van der Waals surface area contributed by atoms with E-state index in [1.807, 2.05) is 18.2 Å². The predicted molar refractivity (Wildman–Crippen MR) is 96.3 cm³/mol. The summed E-state index contributed by atoms with van der Waals surface area (Å²) in [4.78, 5) is 0. The Morgan fingerprint density at radius 1 is 1.12 bits per heavy atom. The third-order valence-electron chi connectivity index (χ3n) is 5.55. The van der Waals surface area contributed by atoms with Crippen molar-refractivity contribution in [2.45, 2.75) is 18.8 Å². The van der Waals surface area contributed by atoms with Gasteiger partial charge in [-0.1, -0.05) is 46.6 Å². The van der Waals surface area contributed by atoms with Crippen molar-refractivity contribution in [3.05, 3.63) is 45.6 Å². The average molecular weight is 361 g/mol. The van der Waals surface area contributed by atoms with Crippen molar-refractivity contribution in [2.75, 3.05) is 13.1 Å². The van der Waals surface area contributed by atoms with Crippen molar-refractivity contribution >= 4 is 29.3 Å². The first kappa shape index (κ1) is 15.0. The van der Waals surface area contributed by atoms with Crippen molar-refractivity contribution in [3.63, 3.8) is 0 Å². The molecule has 1 aromatic heterocycles. The first-order valence-corrected chi connectivity index (χ1v) is 9.32. The van der Waals surface area contributed by atoms with E-state index in [-0.39, 0.29) is 0 Å². The standard InChI is InChI=1S/C19H18Cl2N2O/c20-15-2-1-3-16(21)17(15)18-12(19(24-23-18)10-4-5-10)7-6-11-13-8-22-9-14(11)13/h1-3,6-7,10-11,13-14,22H,4-5,8-9H2. The molecule has 2 atom stereocenters. The molecule has 2 heterocycles. The van der Waals surface area contributed by atoms with Gasteiger partial charge in [0.25, 0.3) is 0 Å². The molecule has 5 heteroatoms. The van der Waals surface area contributed by atoms with E-state index in [4.69, 9.17) is 27.7 Å². The highest BCUT2D eigenvalue weighted by Gasteiger charge is 2.51. The summed E-state index contributed by atoms with van der Waals surface area (Å²) < 4.78 is 5.70. The van der Waals surface area contributed by atoms with Crippen molar-refractivity contribution in [1.82, 2.24) is 10.5 Å². The number of fused-ring (bicyclic) bond motifs is 1. The molecule has 3 nitrogen and oxygen atoms in total. The van der Waals surface area contributed by atoms with Crippen molar-refractivity contribution in [2.24, 2.45) is 17.8 Å². The minimum Gasteiger partial charge on any atom is -0.360 e. The Balaban J connectivity index is 1.55. The number of benzene rings is 1. The number of halogens is 2. The number of aromatic nitrogens is 1. The molecule has 3 aliphatic rings. The summed E-state index contributed by atoms with van der Waals surface area (Å²) in [5.74, 6) is 3.77. The van der Waals surface area contributed by atoms with Crippen molar-refractivity contribution in [1.29, 1.82) is 0 Å². The number of hydrogen-bond acceptors (Lipinski definition) is 3. The molecule has 1 aromatic carbocycles. The number of rotatable bonds is 4. The average Bonchev–Trinajstić information content (AvgIpc) is 3.42. The van der Waals surface area contributed by atoms with Crippen LogP contribution in [0.3, 0.4) is 0 Å². The summed E-state index contributed by atoms with van der Waals surface area (Å²) in [7, 11) is 0. The highest BCUT2D eigenvalue weighted by atomic mass is 35.5. The fourth-order valence-electron chi connectivity index (χ4n) is 3.97. The molecule has 5 rings (SSSR count). The molecule has 2 aromatic rings. The van der Waals surface area contributed by atoms with Gasteiger partial charge in [0, 0.05) is 17.0 Å². The third kappa shape index (κ3) is 2.42. The van der Waals surface area contributed by atoms with Crippen LogP contribution in [-0.2, 0) is 0 Å². The summed E-state index contributed by atoms with van der Waals surface area (Å²) in [6, 6.07) is 5.54. The van der Waals surface area contributed by atoms with Gasteiger partial charge in [0.15, 0.2) is 0 Å². The van der Waals surface area contributed by atoms with E-state index >= 15 is 0 Å². The second kappa shape index (κ2) is 5.62. The molecule has 1 saturated heterocycles. The van der Waals surface area contributed by atoms with E-state index in [0.29, 0.717) is 21.9 Å². The number of nitrogens with one attached hydrogen (secondary N) is 1. The molecule has 1 N–H and O–H groups in total. The molecule has 0 radical (unpaired) electrons. The van der Waals surface area contributed by atoms with Crippen LogP contribution in [0.25, 0.3) is 17.3 Å². The molecule has 1 aliphatic heterocycles. The highest BCUT2D eigenvalue weighted by Crippen LogP contribution is 2.51. The maximum Gasteiger partial charge on any atom is 0.147 e. The summed E-state index contributed by atoms with van der Waals surface area (Å²) in [5.41, 5.74) is 2.60. The minimum absolute atomic E-state index is 0.493. The van der Waals surface area contributed by atoms with E-state index in [1.165, 1.54) is 12.8 Å². The number of allylic oxidation sites excluding steroid dienone is 1. The second-order valence-electron chi connectivity index (χ2n) is 7.10. The van der Waals surface area contributed by atoms with Gasteiger partial charge in [-0.05, 0) is 55.8 Å². The van der Waals surface area contributed by atoms with Crippen molar-refractivity contribution in [3.8, 4) is 11.3 Å². The largest absolute Gasteiger partial charge is 0.360 e. The van der Waals surface area contributed by atoms with E-state index in [2.05, 4.69) is 22.6 Å². The highest BCUT2D eigenvalue weighted by molar-refractivity contribution is 6.39. The van der Waals surface area contributed by atoms with Crippen LogP contribution in [0.5, 0.6) is 0 Å². The third-order valence-corrected chi connectivity index (χ3v) is 6.18. The van der Waals surface area contributed by atoms with Crippen LogP contribution in [0, 0.1) is 17.8 Å². The monoisotopic (exact) mass is 360 g/mol. The zero-order valence-electron chi connectivity index (χ0n) is 13.1. The second-order valence-corrected chi connectivity index (χ2v) is 7.92. The number of nitrogens with zero attached hydrogens (tertiary/aromatic N) is 1. The molecule has 2 aliphatic carbocycles. The van der Waals surface area contributed by atoms with Crippen LogP contribution < -0.4 is 5.32 Å². The Hall–Kier alpha value is -1.29. The summed E-state index contributed by atoms with van der Waals surface area (Å²) in [6.45, 7) is 2.28. The maximum atomic E-state index is 6.39. The SMILES string of the molecule is Clc1cccc(Cl)c1-c1noc(C2CC2)c1C=CC1C2CNCC12. The topological polar surface area (TPSA) is 38.1 Å². The van der Waals surface area contributed by atoms with Crippen molar-refractivity contribution < 1.29 is 4.52 Å². The van der Waals surface area contributed by atoms with Gasteiger partial charge in [0.05, 0.1) is 10.0 Å². The van der Waals surface area contributed by atoms with Gasteiger partial charge < -0.3 is 9.84 Å². The van der Waals surface area contributed by atoms with Gasteiger partial charge in [-0.25, -0.2) is 0 Å². The molecular formula is C19H18Cl2N2O. The fraction of sp³-hybridized carbons (Fsp3) is 0.421. The van der Waals surface area contributed by atoms with Gasteiger partial charge in [-0.3, -0.25) is 0 Å². The van der Waals surface area contributed by atoms with Gasteiger partial charge in [-0.2, -0.15) is 0 Å². The maximum absolute atomic E-state index is 6.39. The Bertz CT molecular complexity index is 795. The van der Waals surface area contributed by atoms with Crippen LogP contribution in [-0.4, -0.2) is 18.2 Å². The molecule has 0 amide bonds. The lowest BCUT2D eigenvalue weighted by Crippen LogP contribution is -2.13. The van der Waals surface area contributed by atoms with Crippen LogP contribution in [0.1, 0.15) is 30.1 Å². The quantitative estimate of drug-likeness (QED) is 0.832. The predicted octanol–water partition coefficient (Wildman–Crippen LogP) is 5.00. The normalized spacial score (nSPS) is 28.5. The lowest BCUT2D eigenvalue weighted by Gasteiger charge is -2.05. The zero-order valence-corrected chi connectivity index (χ0v) is 14.6. The first-order valence-electron chi connectivity index (χ1n) is 8.57. The summed E-state index contributed by atoms with van der Waals surface area (Å²) in [5, 5.41) is 8.99. The smallest absolute Gasteiger partial charge is 0.147 e. The summed E-state index contributed by atoms with van der Waals surface area (Å²) >= 11 is 12.8. The molecule has 0 spiro atoms. The fourth-order valence-corrected chi connectivity index (χ4v) is 4.55. The van der Waals surface area contributed by atoms with E-state index in [9.17, 15) is 0 Å². The van der Waals surface area contributed by atoms with Crippen LogP contribution >= 0.6 is 23.2 Å². The summed E-state index contributed by atoms with van der Waals surface area (Å²) in [6.07, 6.45) is 6.87. The molecule has 2 saturated carbocycles. The minimum atomic E-state index is 0.493.